The van der Waals surface area contributed by atoms with E-state index in [0.717, 1.165) is 23.1 Å². The lowest BCUT2D eigenvalue weighted by Gasteiger charge is -2.34. The van der Waals surface area contributed by atoms with Crippen molar-refractivity contribution in [2.45, 2.75) is 70.2 Å². The normalized spacial score (nSPS) is 27.1. The molecule has 1 aliphatic carbocycles. The van der Waals surface area contributed by atoms with E-state index in [9.17, 15) is 9.59 Å². The fourth-order valence-corrected chi connectivity index (χ4v) is 5.37. The number of hydrogen-bond acceptors (Lipinski definition) is 7. The molecule has 0 aromatic carbocycles. The minimum absolute atomic E-state index is 0. The van der Waals surface area contributed by atoms with Crippen LogP contribution in [-0.4, -0.2) is 75.9 Å². The van der Waals surface area contributed by atoms with Gasteiger partial charge in [0, 0.05) is 46.0 Å². The van der Waals surface area contributed by atoms with Gasteiger partial charge in [0.1, 0.15) is 23.5 Å². The molecule has 4 aliphatic rings. The maximum Gasteiger partial charge on any atom is 0.410 e. The highest BCUT2D eigenvalue weighted by molar-refractivity contribution is 6.08. The number of hydrogen-bond donors (Lipinski definition) is 3. The summed E-state index contributed by atoms with van der Waals surface area (Å²) in [5.41, 5.74) is 2.28. The number of nitrogens with zero attached hydrogens (tertiary/aromatic N) is 3. The monoisotopic (exact) mass is 508 g/mol. The molecule has 37 heavy (non-hydrogen) atoms. The molecule has 4 heterocycles. The lowest BCUT2D eigenvalue weighted by atomic mass is 9.87. The molecule has 2 saturated heterocycles. The van der Waals surface area contributed by atoms with Crippen molar-refractivity contribution >= 4 is 23.7 Å². The van der Waals surface area contributed by atoms with Crippen LogP contribution >= 0.6 is 0 Å². The predicted octanol–water partition coefficient (Wildman–Crippen LogP) is 3.42. The Labute approximate surface area is 218 Å². The third-order valence-corrected chi connectivity index (χ3v) is 7.54. The maximum atomic E-state index is 13.2. The second-order valence-corrected chi connectivity index (χ2v) is 10.5. The van der Waals surface area contributed by atoms with Crippen molar-refractivity contribution in [2.24, 2.45) is 0 Å². The molecule has 2 unspecified atom stereocenters. The van der Waals surface area contributed by atoms with E-state index >= 15 is 0 Å². The zero-order chi connectivity index (χ0) is 26.2. The number of aromatic nitrogens is 1. The first-order chi connectivity index (χ1) is 17.7. The molecule has 3 N–H and O–H groups in total. The van der Waals surface area contributed by atoms with Gasteiger partial charge in [0.15, 0.2) is 0 Å². The van der Waals surface area contributed by atoms with Gasteiger partial charge in [-0.1, -0.05) is 18.2 Å². The molecule has 198 valence electrons. The number of pyridine rings is 1. The van der Waals surface area contributed by atoms with Crippen molar-refractivity contribution in [3.05, 3.63) is 52.9 Å². The van der Waals surface area contributed by atoms with Crippen LogP contribution in [0.4, 0.5) is 4.79 Å². The number of ether oxygens (including phenoxy) is 2. The first-order valence-corrected chi connectivity index (χ1v) is 12.9. The first kappa shape index (κ1) is 25.1. The fourth-order valence-electron chi connectivity index (χ4n) is 5.37. The van der Waals surface area contributed by atoms with E-state index in [0.29, 0.717) is 63.7 Å². The van der Waals surface area contributed by atoms with Gasteiger partial charge in [-0.25, -0.2) is 4.79 Å². The van der Waals surface area contributed by atoms with Crippen molar-refractivity contribution in [1.82, 2.24) is 20.1 Å². The summed E-state index contributed by atoms with van der Waals surface area (Å²) in [4.78, 5) is 33.7. The molecule has 3 atom stereocenters. The summed E-state index contributed by atoms with van der Waals surface area (Å²) in [6, 6.07) is 1.88. The summed E-state index contributed by atoms with van der Waals surface area (Å²) in [6.45, 7) is 5.91. The number of fused-ring (bicyclic) bond motifs is 1. The minimum Gasteiger partial charge on any atom is -0.444 e. The average molecular weight is 509 g/mol. The van der Waals surface area contributed by atoms with E-state index in [-0.39, 0.29) is 31.3 Å². The second-order valence-electron chi connectivity index (χ2n) is 10.5. The molecule has 2 amide bonds. The van der Waals surface area contributed by atoms with Crippen LogP contribution < -0.4 is 5.32 Å². The van der Waals surface area contributed by atoms with Gasteiger partial charge < -0.3 is 24.6 Å². The van der Waals surface area contributed by atoms with Crippen molar-refractivity contribution in [3.8, 4) is 0 Å². The second kappa shape index (κ2) is 10.1. The van der Waals surface area contributed by atoms with Crippen molar-refractivity contribution in [1.29, 1.82) is 10.8 Å². The standard InChI is InChI=1S/C27H34N6O4.H2/c1-17-5-6-23(28)33(17)24(29)18-4-3-9-27(2,13-18)31-25(34)22-12-20-15-32(10-7-19(20)14-30-22)26(35)37-21-8-11-36-16-21;/h3-4,9,12,14,17,21,28-29H,5-8,10-11,13,15-16H2,1-2H3,(H,31,34);1H/t17-,21?,27?;/m1./s1. The van der Waals surface area contributed by atoms with Crippen LogP contribution in [0.5, 0.6) is 0 Å². The molecular formula is C27H36N6O4. The molecule has 0 radical (unpaired) electrons. The van der Waals surface area contributed by atoms with Gasteiger partial charge in [-0.3, -0.25) is 20.6 Å². The van der Waals surface area contributed by atoms with Crippen LogP contribution in [0.3, 0.4) is 0 Å². The number of allylic oxidation sites excluding steroid dienone is 2. The third kappa shape index (κ3) is 5.29. The fraction of sp³-hybridized carbons (Fsp3) is 0.519. The molecule has 10 nitrogen and oxygen atoms in total. The van der Waals surface area contributed by atoms with E-state index in [1.54, 1.807) is 22.1 Å². The molecule has 10 heteroatoms. The van der Waals surface area contributed by atoms with Crippen molar-refractivity contribution in [3.63, 3.8) is 0 Å². The smallest absolute Gasteiger partial charge is 0.410 e. The molecule has 1 aromatic rings. The number of carbonyl (C=O) groups is 2. The van der Waals surface area contributed by atoms with Crippen molar-refractivity contribution < 1.29 is 20.5 Å². The summed E-state index contributed by atoms with van der Waals surface area (Å²) >= 11 is 0. The number of likely N-dealkylation sites (tertiary alicyclic amines) is 1. The maximum absolute atomic E-state index is 13.2. The van der Waals surface area contributed by atoms with Gasteiger partial charge >= 0.3 is 6.09 Å². The molecule has 0 spiro atoms. The SMILES string of the molecule is C[C@@H]1CCC(=N)N1C(=N)C1=CC=CC(C)(NC(=O)c2cc3c(cn2)CCN(C(=O)OC2CCOC2)C3)C1.[HH]. The van der Waals surface area contributed by atoms with Gasteiger partial charge in [-0.05, 0) is 49.5 Å². The number of amides is 2. The summed E-state index contributed by atoms with van der Waals surface area (Å²) in [7, 11) is 0. The quantitative estimate of drug-likeness (QED) is 0.422. The van der Waals surface area contributed by atoms with E-state index in [2.05, 4.69) is 10.3 Å². The Morgan fingerprint density at radius 3 is 2.86 bits per heavy atom. The summed E-state index contributed by atoms with van der Waals surface area (Å²) in [6.07, 6.45) is 10.2. The Kier molecular flexibility index (Phi) is 6.85. The lowest BCUT2D eigenvalue weighted by molar-refractivity contribution is 0.0516. The van der Waals surface area contributed by atoms with Crippen molar-refractivity contribution in [2.75, 3.05) is 19.8 Å². The molecular weight excluding hydrogens is 472 g/mol. The van der Waals surface area contributed by atoms with Gasteiger partial charge in [-0.2, -0.15) is 0 Å². The summed E-state index contributed by atoms with van der Waals surface area (Å²) in [5.74, 6) is 0.474. The van der Waals surface area contributed by atoms with E-state index in [1.807, 2.05) is 32.1 Å². The van der Waals surface area contributed by atoms with Gasteiger partial charge in [-0.15, -0.1) is 0 Å². The van der Waals surface area contributed by atoms with Gasteiger partial charge in [0.2, 0.25) is 0 Å². The molecule has 0 saturated carbocycles. The van der Waals surface area contributed by atoms with Crippen LogP contribution in [0.25, 0.3) is 0 Å². The van der Waals surface area contributed by atoms with Crippen LogP contribution in [0.2, 0.25) is 0 Å². The summed E-state index contributed by atoms with van der Waals surface area (Å²) in [5, 5.41) is 20.0. The highest BCUT2D eigenvalue weighted by Crippen LogP contribution is 2.29. The third-order valence-electron chi connectivity index (χ3n) is 7.54. The molecule has 0 bridgehead atoms. The van der Waals surface area contributed by atoms with Crippen LogP contribution in [0.1, 0.15) is 62.6 Å². The highest BCUT2D eigenvalue weighted by Gasteiger charge is 2.34. The Balaban J connectivity index is 0.00000336. The van der Waals surface area contributed by atoms with E-state index < -0.39 is 5.54 Å². The summed E-state index contributed by atoms with van der Waals surface area (Å²) < 4.78 is 10.8. The highest BCUT2D eigenvalue weighted by atomic mass is 16.6. The number of carbonyl (C=O) groups excluding carboxylic acids is 2. The first-order valence-electron chi connectivity index (χ1n) is 12.9. The molecule has 3 aliphatic heterocycles. The topological polar surface area (TPSA) is 132 Å². The Hall–Kier alpha value is -3.53. The average Bonchev–Trinajstić information content (AvgIpc) is 3.51. The zero-order valence-electron chi connectivity index (χ0n) is 21.4. The minimum atomic E-state index is -0.699. The number of nitrogens with one attached hydrogen (secondary N) is 3. The predicted molar refractivity (Wildman–Crippen MR) is 140 cm³/mol. The van der Waals surface area contributed by atoms with E-state index in [4.69, 9.17) is 20.3 Å². The molecule has 5 rings (SSSR count). The zero-order valence-corrected chi connectivity index (χ0v) is 21.4. The number of rotatable bonds is 4. The molecule has 2 fully saturated rings. The number of amidine groups is 2. The van der Waals surface area contributed by atoms with Crippen LogP contribution in [0, 0.1) is 10.8 Å². The Morgan fingerprint density at radius 2 is 2.14 bits per heavy atom. The Bertz CT molecular complexity index is 1190. The van der Waals surface area contributed by atoms with Crippen LogP contribution in [-0.2, 0) is 22.4 Å². The molecule has 1 aromatic heterocycles. The van der Waals surface area contributed by atoms with Gasteiger partial charge in [0.25, 0.3) is 5.91 Å². The Morgan fingerprint density at radius 1 is 1.30 bits per heavy atom. The van der Waals surface area contributed by atoms with Gasteiger partial charge in [0.05, 0.1) is 18.8 Å². The lowest BCUT2D eigenvalue weighted by Crippen LogP contribution is -2.48. The largest absolute Gasteiger partial charge is 0.444 e. The van der Waals surface area contributed by atoms with E-state index in [1.165, 1.54) is 0 Å². The van der Waals surface area contributed by atoms with Crippen LogP contribution in [0.15, 0.2) is 36.1 Å².